The van der Waals surface area contributed by atoms with E-state index in [1.807, 2.05) is 0 Å². The zero-order valence-corrected chi connectivity index (χ0v) is 11.8. The van der Waals surface area contributed by atoms with Crippen LogP contribution in [0.2, 0.25) is 5.02 Å². The summed E-state index contributed by atoms with van der Waals surface area (Å²) in [6, 6.07) is 8.59. The molecular weight excluding hydrogens is 314 g/mol. The molecule has 0 atom stereocenters. The highest BCUT2D eigenvalue weighted by Gasteiger charge is 2.18. The van der Waals surface area contributed by atoms with E-state index < -0.39 is 24.1 Å². The van der Waals surface area contributed by atoms with Gasteiger partial charge in [0.05, 0.1) is 16.1 Å². The molecule has 1 heterocycles. The predicted octanol–water partition coefficient (Wildman–Crippen LogP) is 3.72. The van der Waals surface area contributed by atoms with E-state index in [9.17, 15) is 13.6 Å². The maximum atomic E-state index is 13.5. The zero-order chi connectivity index (χ0) is 15.9. The van der Waals surface area contributed by atoms with Gasteiger partial charge in [-0.25, -0.2) is 13.8 Å². The Balaban J connectivity index is 2.33. The van der Waals surface area contributed by atoms with E-state index in [1.165, 1.54) is 4.57 Å². The molecule has 0 saturated carbocycles. The van der Waals surface area contributed by atoms with Gasteiger partial charge in [-0.1, -0.05) is 23.7 Å². The molecule has 7 heteroatoms. The number of carboxylic acid groups (broad SMARTS) is 1. The van der Waals surface area contributed by atoms with Gasteiger partial charge in [-0.15, -0.1) is 0 Å². The molecule has 0 unspecified atom stereocenters. The SMILES string of the molecule is O=C(O)Cn1c(-c2ccccc2Cl)nc2cc(F)c(F)cc21. The number of aromatic nitrogens is 2. The van der Waals surface area contributed by atoms with Crippen molar-refractivity contribution in [1.82, 2.24) is 9.55 Å². The van der Waals surface area contributed by atoms with Crippen LogP contribution in [0.3, 0.4) is 0 Å². The number of benzene rings is 2. The van der Waals surface area contributed by atoms with E-state index in [2.05, 4.69) is 4.98 Å². The summed E-state index contributed by atoms with van der Waals surface area (Å²) in [5, 5.41) is 9.43. The van der Waals surface area contributed by atoms with E-state index in [4.69, 9.17) is 16.7 Å². The molecule has 0 aliphatic carbocycles. The number of carboxylic acids is 1. The minimum atomic E-state index is -1.13. The third-order valence-corrected chi connectivity index (χ3v) is 3.53. The van der Waals surface area contributed by atoms with Gasteiger partial charge in [-0.2, -0.15) is 0 Å². The number of rotatable bonds is 3. The van der Waals surface area contributed by atoms with Crippen molar-refractivity contribution in [3.63, 3.8) is 0 Å². The third kappa shape index (κ3) is 2.42. The first kappa shape index (κ1) is 14.5. The summed E-state index contributed by atoms with van der Waals surface area (Å²) in [4.78, 5) is 15.3. The second-order valence-corrected chi connectivity index (χ2v) is 5.06. The van der Waals surface area contributed by atoms with E-state index in [-0.39, 0.29) is 16.9 Å². The van der Waals surface area contributed by atoms with Crippen LogP contribution in [0.5, 0.6) is 0 Å². The van der Waals surface area contributed by atoms with Crippen LogP contribution in [0.1, 0.15) is 0 Å². The lowest BCUT2D eigenvalue weighted by Gasteiger charge is -2.07. The predicted molar refractivity (Wildman–Crippen MR) is 77.7 cm³/mol. The van der Waals surface area contributed by atoms with Crippen LogP contribution < -0.4 is 0 Å². The van der Waals surface area contributed by atoms with E-state index in [0.29, 0.717) is 10.6 Å². The third-order valence-electron chi connectivity index (χ3n) is 3.20. The normalized spacial score (nSPS) is 11.0. The molecule has 2 aromatic carbocycles. The van der Waals surface area contributed by atoms with Gasteiger partial charge < -0.3 is 9.67 Å². The standard InChI is InChI=1S/C15H9ClF2N2O2/c16-9-4-2-1-3-8(9)15-19-12-5-10(17)11(18)6-13(12)20(15)7-14(21)22/h1-6H,7H2,(H,21,22). The number of nitrogens with zero attached hydrogens (tertiary/aromatic N) is 2. The summed E-state index contributed by atoms with van der Waals surface area (Å²) in [7, 11) is 0. The van der Waals surface area contributed by atoms with Crippen molar-refractivity contribution in [3.05, 3.63) is 53.1 Å². The Bertz CT molecular complexity index is 893. The first-order chi connectivity index (χ1) is 10.5. The Morgan fingerprint density at radius 2 is 1.91 bits per heavy atom. The summed E-state index contributed by atoms with van der Waals surface area (Å²) in [5.74, 6) is -2.99. The van der Waals surface area contributed by atoms with Crippen molar-refractivity contribution < 1.29 is 18.7 Å². The molecule has 0 spiro atoms. The van der Waals surface area contributed by atoms with Gasteiger partial charge in [-0.3, -0.25) is 4.79 Å². The maximum Gasteiger partial charge on any atom is 0.323 e. The summed E-state index contributed by atoms with van der Waals surface area (Å²) >= 11 is 6.11. The molecule has 1 aromatic heterocycles. The number of hydrogen-bond acceptors (Lipinski definition) is 2. The van der Waals surface area contributed by atoms with Gasteiger partial charge in [0, 0.05) is 17.7 Å². The van der Waals surface area contributed by atoms with Crippen LogP contribution in [0, 0.1) is 11.6 Å². The van der Waals surface area contributed by atoms with E-state index in [0.717, 1.165) is 12.1 Å². The number of halogens is 3. The molecule has 0 fully saturated rings. The summed E-state index contributed by atoms with van der Waals surface area (Å²) in [6.45, 7) is -0.442. The smallest absolute Gasteiger partial charge is 0.323 e. The zero-order valence-electron chi connectivity index (χ0n) is 11.1. The van der Waals surface area contributed by atoms with Crippen molar-refractivity contribution in [2.45, 2.75) is 6.54 Å². The van der Waals surface area contributed by atoms with Gasteiger partial charge in [-0.05, 0) is 12.1 Å². The molecule has 0 aliphatic rings. The minimum absolute atomic E-state index is 0.162. The van der Waals surface area contributed by atoms with E-state index >= 15 is 0 Å². The molecule has 0 saturated heterocycles. The fourth-order valence-corrected chi connectivity index (χ4v) is 2.48. The summed E-state index contributed by atoms with van der Waals surface area (Å²) in [5.41, 5.74) is 0.841. The quantitative estimate of drug-likeness (QED) is 0.799. The number of imidazole rings is 1. The lowest BCUT2D eigenvalue weighted by Crippen LogP contribution is -2.10. The lowest BCUT2D eigenvalue weighted by atomic mass is 10.2. The molecule has 1 N–H and O–H groups in total. The Morgan fingerprint density at radius 1 is 1.23 bits per heavy atom. The average molecular weight is 323 g/mol. The molecular formula is C15H9ClF2N2O2. The fourth-order valence-electron chi connectivity index (χ4n) is 2.26. The van der Waals surface area contributed by atoms with Crippen molar-refractivity contribution in [2.24, 2.45) is 0 Å². The molecule has 0 bridgehead atoms. The molecule has 0 radical (unpaired) electrons. The van der Waals surface area contributed by atoms with Crippen LogP contribution >= 0.6 is 11.6 Å². The van der Waals surface area contributed by atoms with Gasteiger partial charge >= 0.3 is 5.97 Å². The fraction of sp³-hybridized carbons (Fsp3) is 0.0667. The Hall–Kier alpha value is -2.47. The van der Waals surface area contributed by atoms with Crippen molar-refractivity contribution >= 4 is 28.6 Å². The number of fused-ring (bicyclic) bond motifs is 1. The Kier molecular flexibility index (Phi) is 3.54. The molecule has 3 rings (SSSR count). The Morgan fingerprint density at radius 3 is 2.59 bits per heavy atom. The first-order valence-corrected chi connectivity index (χ1v) is 6.67. The van der Waals surface area contributed by atoms with Crippen LogP contribution in [0.4, 0.5) is 8.78 Å². The summed E-state index contributed by atoms with van der Waals surface area (Å²) in [6.07, 6.45) is 0. The second-order valence-electron chi connectivity index (χ2n) is 4.65. The van der Waals surface area contributed by atoms with E-state index in [1.54, 1.807) is 24.3 Å². The number of aliphatic carboxylic acids is 1. The number of hydrogen-bond donors (Lipinski definition) is 1. The van der Waals surface area contributed by atoms with Crippen LogP contribution in [-0.4, -0.2) is 20.6 Å². The highest BCUT2D eigenvalue weighted by Crippen LogP contribution is 2.30. The monoisotopic (exact) mass is 322 g/mol. The second kappa shape index (κ2) is 5.38. The van der Waals surface area contributed by atoms with Gasteiger partial charge in [0.1, 0.15) is 12.4 Å². The summed E-state index contributed by atoms with van der Waals surface area (Å²) < 4.78 is 28.1. The molecule has 4 nitrogen and oxygen atoms in total. The van der Waals surface area contributed by atoms with Crippen LogP contribution in [-0.2, 0) is 11.3 Å². The van der Waals surface area contributed by atoms with Crippen LogP contribution in [0.15, 0.2) is 36.4 Å². The van der Waals surface area contributed by atoms with Crippen LogP contribution in [0.25, 0.3) is 22.4 Å². The molecule has 0 amide bonds. The maximum absolute atomic E-state index is 13.5. The van der Waals surface area contributed by atoms with Gasteiger partial charge in [0.25, 0.3) is 0 Å². The highest BCUT2D eigenvalue weighted by molar-refractivity contribution is 6.33. The van der Waals surface area contributed by atoms with Crippen molar-refractivity contribution in [1.29, 1.82) is 0 Å². The minimum Gasteiger partial charge on any atom is -0.480 e. The van der Waals surface area contributed by atoms with Gasteiger partial charge in [0.2, 0.25) is 0 Å². The molecule has 0 aliphatic heterocycles. The lowest BCUT2D eigenvalue weighted by molar-refractivity contribution is -0.137. The highest BCUT2D eigenvalue weighted by atomic mass is 35.5. The molecule has 3 aromatic rings. The Labute approximate surface area is 128 Å². The van der Waals surface area contributed by atoms with Gasteiger partial charge in [0.15, 0.2) is 11.6 Å². The number of carbonyl (C=O) groups is 1. The average Bonchev–Trinajstić information content (AvgIpc) is 2.77. The largest absolute Gasteiger partial charge is 0.480 e. The topological polar surface area (TPSA) is 55.1 Å². The molecule has 112 valence electrons. The first-order valence-electron chi connectivity index (χ1n) is 6.29. The molecule has 22 heavy (non-hydrogen) atoms. The van der Waals surface area contributed by atoms with Crippen molar-refractivity contribution in [2.75, 3.05) is 0 Å². The van der Waals surface area contributed by atoms with Crippen molar-refractivity contribution in [3.8, 4) is 11.4 Å².